The smallest absolute Gasteiger partial charge is 0.0561 e. The van der Waals surface area contributed by atoms with Gasteiger partial charge in [-0.25, -0.2) is 0 Å². The highest BCUT2D eigenvalue weighted by Crippen LogP contribution is 2.32. The quantitative estimate of drug-likeness (QED) is 0.815. The minimum absolute atomic E-state index is 0.147. The number of benzene rings is 1. The molecular formula is C13H12Cl3NS. The first-order chi connectivity index (χ1) is 8.61. The highest BCUT2D eigenvalue weighted by molar-refractivity contribution is 7.10. The molecule has 2 aromatic rings. The van der Waals surface area contributed by atoms with Gasteiger partial charge in [0.2, 0.25) is 0 Å². The highest BCUT2D eigenvalue weighted by Gasteiger charge is 2.16. The van der Waals surface area contributed by atoms with Gasteiger partial charge >= 0.3 is 0 Å². The van der Waals surface area contributed by atoms with Gasteiger partial charge in [-0.2, -0.15) is 0 Å². The van der Waals surface area contributed by atoms with Crippen molar-refractivity contribution in [2.45, 2.75) is 12.5 Å². The van der Waals surface area contributed by atoms with Crippen molar-refractivity contribution in [3.8, 4) is 0 Å². The Kier molecular flexibility index (Phi) is 4.93. The van der Waals surface area contributed by atoms with E-state index in [0.29, 0.717) is 5.02 Å². The van der Waals surface area contributed by atoms with Crippen LogP contribution in [0, 0.1) is 0 Å². The molecule has 0 radical (unpaired) electrons. The fourth-order valence-corrected chi connectivity index (χ4v) is 3.49. The Morgan fingerprint density at radius 3 is 2.56 bits per heavy atom. The van der Waals surface area contributed by atoms with E-state index in [2.05, 4.69) is 5.32 Å². The number of thiophene rings is 1. The molecule has 0 bridgehead atoms. The molecule has 0 saturated carbocycles. The van der Waals surface area contributed by atoms with E-state index < -0.39 is 0 Å². The molecule has 0 fully saturated rings. The summed E-state index contributed by atoms with van der Waals surface area (Å²) in [4.78, 5) is 1.12. The monoisotopic (exact) mass is 319 g/mol. The molecule has 1 N–H and O–H groups in total. The summed E-state index contributed by atoms with van der Waals surface area (Å²) in [6.45, 7) is 0. The molecule has 0 aliphatic carbocycles. The molecule has 1 aromatic carbocycles. The van der Waals surface area contributed by atoms with Crippen LogP contribution in [0.2, 0.25) is 15.1 Å². The maximum atomic E-state index is 6.18. The lowest BCUT2D eigenvalue weighted by molar-refractivity contribution is 0.602. The predicted octanol–water partition coefficient (Wildman–Crippen LogP) is 5.21. The molecular weight excluding hydrogens is 309 g/mol. The Bertz CT molecular complexity index is 539. The summed E-state index contributed by atoms with van der Waals surface area (Å²) >= 11 is 20.0. The van der Waals surface area contributed by atoms with Gasteiger partial charge in [-0.05, 0) is 48.7 Å². The van der Waals surface area contributed by atoms with Gasteiger partial charge in [0.05, 0.1) is 5.02 Å². The number of nitrogens with one attached hydrogen (secondary N) is 1. The fraction of sp³-hybridized carbons (Fsp3) is 0.231. The van der Waals surface area contributed by atoms with Crippen molar-refractivity contribution in [1.29, 1.82) is 0 Å². The second-order valence-electron chi connectivity index (χ2n) is 3.91. The second kappa shape index (κ2) is 6.27. The third kappa shape index (κ3) is 3.19. The minimum Gasteiger partial charge on any atom is -0.312 e. The first-order valence-electron chi connectivity index (χ1n) is 5.46. The molecule has 96 valence electrons. The van der Waals surface area contributed by atoms with E-state index in [0.717, 1.165) is 26.9 Å². The zero-order valence-electron chi connectivity index (χ0n) is 9.71. The van der Waals surface area contributed by atoms with E-state index in [1.807, 2.05) is 30.6 Å². The highest BCUT2D eigenvalue weighted by atomic mass is 35.5. The van der Waals surface area contributed by atoms with Crippen molar-refractivity contribution in [2.75, 3.05) is 7.05 Å². The van der Waals surface area contributed by atoms with Gasteiger partial charge in [-0.3, -0.25) is 0 Å². The van der Waals surface area contributed by atoms with Crippen LogP contribution >= 0.6 is 46.1 Å². The van der Waals surface area contributed by atoms with Gasteiger partial charge in [0.15, 0.2) is 0 Å². The first-order valence-corrected chi connectivity index (χ1v) is 7.47. The van der Waals surface area contributed by atoms with E-state index in [4.69, 9.17) is 34.8 Å². The fourth-order valence-electron chi connectivity index (χ4n) is 1.80. The summed E-state index contributed by atoms with van der Waals surface area (Å²) in [5, 5.41) is 7.47. The molecule has 1 aromatic heterocycles. The average Bonchev–Trinajstić information content (AvgIpc) is 2.77. The van der Waals surface area contributed by atoms with E-state index in [9.17, 15) is 0 Å². The van der Waals surface area contributed by atoms with Crippen molar-refractivity contribution in [3.05, 3.63) is 55.2 Å². The van der Waals surface area contributed by atoms with Gasteiger partial charge in [0.1, 0.15) is 0 Å². The van der Waals surface area contributed by atoms with Crippen LogP contribution in [0.15, 0.2) is 29.6 Å². The van der Waals surface area contributed by atoms with E-state index >= 15 is 0 Å². The molecule has 1 atom stereocenters. The zero-order chi connectivity index (χ0) is 13.1. The number of rotatable bonds is 4. The van der Waals surface area contributed by atoms with E-state index in [1.165, 1.54) is 0 Å². The Labute approximate surface area is 126 Å². The van der Waals surface area contributed by atoms with Crippen LogP contribution in [-0.4, -0.2) is 7.05 Å². The van der Waals surface area contributed by atoms with Crippen molar-refractivity contribution in [3.63, 3.8) is 0 Å². The third-order valence-electron chi connectivity index (χ3n) is 2.74. The van der Waals surface area contributed by atoms with Crippen LogP contribution in [0.5, 0.6) is 0 Å². The number of likely N-dealkylation sites (N-methyl/N-ethyl adjacent to an activating group) is 1. The normalized spacial score (nSPS) is 12.7. The van der Waals surface area contributed by atoms with Gasteiger partial charge in [-0.15, -0.1) is 11.3 Å². The molecule has 1 unspecified atom stereocenters. The number of hydrogen-bond donors (Lipinski definition) is 1. The lowest BCUT2D eigenvalue weighted by Crippen LogP contribution is -2.18. The number of halogens is 3. The van der Waals surface area contributed by atoms with Crippen LogP contribution in [0.1, 0.15) is 16.5 Å². The maximum Gasteiger partial charge on any atom is 0.0561 e. The lowest BCUT2D eigenvalue weighted by atomic mass is 10.0. The van der Waals surface area contributed by atoms with Crippen LogP contribution in [0.3, 0.4) is 0 Å². The molecule has 0 spiro atoms. The zero-order valence-corrected chi connectivity index (χ0v) is 12.8. The molecule has 0 aliphatic heterocycles. The van der Waals surface area contributed by atoms with Gasteiger partial charge < -0.3 is 5.32 Å². The van der Waals surface area contributed by atoms with Crippen LogP contribution < -0.4 is 5.32 Å². The summed E-state index contributed by atoms with van der Waals surface area (Å²) in [5.41, 5.74) is 1.02. The van der Waals surface area contributed by atoms with Gasteiger partial charge in [-0.1, -0.05) is 34.8 Å². The predicted molar refractivity (Wildman–Crippen MR) is 81.3 cm³/mol. The third-order valence-corrected chi connectivity index (χ3v) is 4.82. The minimum atomic E-state index is 0.147. The van der Waals surface area contributed by atoms with Gasteiger partial charge in [0, 0.05) is 21.0 Å². The summed E-state index contributed by atoms with van der Waals surface area (Å²) in [6, 6.07) is 7.57. The molecule has 5 heteroatoms. The van der Waals surface area contributed by atoms with Crippen molar-refractivity contribution < 1.29 is 0 Å². The standard InChI is InChI=1S/C13H12Cl3NS/c1-17-12(13-11(16)4-5-18-13)7-8-6-9(14)2-3-10(8)15/h2-6,12,17H,7H2,1H3. The molecule has 18 heavy (non-hydrogen) atoms. The largest absolute Gasteiger partial charge is 0.312 e. The SMILES string of the molecule is CNC(Cc1cc(Cl)ccc1Cl)c1sccc1Cl. The van der Waals surface area contributed by atoms with Crippen LogP contribution in [0.4, 0.5) is 0 Å². The Hall–Kier alpha value is -0.250. The topological polar surface area (TPSA) is 12.0 Å². The Balaban J connectivity index is 2.26. The Morgan fingerprint density at radius 2 is 1.94 bits per heavy atom. The molecule has 0 aliphatic rings. The average molecular weight is 321 g/mol. The lowest BCUT2D eigenvalue weighted by Gasteiger charge is -2.16. The van der Waals surface area contributed by atoms with E-state index in [-0.39, 0.29) is 6.04 Å². The van der Waals surface area contributed by atoms with Gasteiger partial charge in [0.25, 0.3) is 0 Å². The molecule has 0 saturated heterocycles. The van der Waals surface area contributed by atoms with Crippen LogP contribution in [0.25, 0.3) is 0 Å². The number of hydrogen-bond acceptors (Lipinski definition) is 2. The summed E-state index contributed by atoms with van der Waals surface area (Å²) in [5.74, 6) is 0. The summed E-state index contributed by atoms with van der Waals surface area (Å²) in [6.07, 6.45) is 0.760. The second-order valence-corrected chi connectivity index (χ2v) is 6.11. The summed E-state index contributed by atoms with van der Waals surface area (Å²) < 4.78 is 0. The molecule has 1 heterocycles. The van der Waals surface area contributed by atoms with Crippen molar-refractivity contribution in [1.82, 2.24) is 5.32 Å². The first kappa shape index (κ1) is 14.2. The van der Waals surface area contributed by atoms with Crippen molar-refractivity contribution in [2.24, 2.45) is 0 Å². The Morgan fingerprint density at radius 1 is 1.17 bits per heavy atom. The van der Waals surface area contributed by atoms with Crippen LogP contribution in [-0.2, 0) is 6.42 Å². The maximum absolute atomic E-state index is 6.18. The van der Waals surface area contributed by atoms with E-state index in [1.54, 1.807) is 17.4 Å². The summed E-state index contributed by atoms with van der Waals surface area (Å²) in [7, 11) is 1.92. The van der Waals surface area contributed by atoms with Crippen molar-refractivity contribution >= 4 is 46.1 Å². The molecule has 1 nitrogen and oxygen atoms in total. The molecule has 2 rings (SSSR count). The molecule has 0 amide bonds.